The average molecular weight is 366 g/mol. The van der Waals surface area contributed by atoms with Gasteiger partial charge in [0.15, 0.2) is 5.82 Å². The van der Waals surface area contributed by atoms with Crippen LogP contribution in [0.1, 0.15) is 38.9 Å². The van der Waals surface area contributed by atoms with Crippen molar-refractivity contribution < 1.29 is 23.6 Å². The van der Waals surface area contributed by atoms with E-state index < -0.39 is 0 Å². The van der Waals surface area contributed by atoms with Crippen LogP contribution in [0.15, 0.2) is 10.6 Å². The molecule has 0 spiro atoms. The largest absolute Gasteiger partial charge is 0.450 e. The van der Waals surface area contributed by atoms with Gasteiger partial charge in [0.2, 0.25) is 11.8 Å². The summed E-state index contributed by atoms with van der Waals surface area (Å²) in [5.74, 6) is 0.675. The summed E-state index contributed by atoms with van der Waals surface area (Å²) in [7, 11) is 0. The Morgan fingerprint density at radius 1 is 1.38 bits per heavy atom. The number of piperidine rings is 1. The molecule has 144 valence electrons. The van der Waals surface area contributed by atoms with Crippen LogP contribution in [-0.4, -0.2) is 60.2 Å². The minimum Gasteiger partial charge on any atom is -0.450 e. The third-order valence-corrected chi connectivity index (χ3v) is 4.22. The Bertz CT molecular complexity index is 637. The number of hydrogen-bond donors (Lipinski definition) is 1. The first kappa shape index (κ1) is 19.7. The monoisotopic (exact) mass is 366 g/mol. The molecule has 9 heteroatoms. The van der Waals surface area contributed by atoms with E-state index in [9.17, 15) is 14.4 Å². The molecule has 1 aliphatic rings. The highest BCUT2D eigenvalue weighted by atomic mass is 16.6. The lowest BCUT2D eigenvalue weighted by atomic mass is 10.1. The number of carbonyl (C=O) groups excluding carboxylic acids is 3. The van der Waals surface area contributed by atoms with Crippen LogP contribution in [0.4, 0.5) is 10.6 Å². The fourth-order valence-electron chi connectivity index (χ4n) is 2.85. The molecule has 1 aliphatic heterocycles. The van der Waals surface area contributed by atoms with E-state index in [0.717, 1.165) is 0 Å². The maximum absolute atomic E-state index is 12.2. The van der Waals surface area contributed by atoms with Gasteiger partial charge in [-0.3, -0.25) is 14.5 Å². The van der Waals surface area contributed by atoms with E-state index in [0.29, 0.717) is 44.1 Å². The van der Waals surface area contributed by atoms with Gasteiger partial charge >= 0.3 is 6.09 Å². The topological polar surface area (TPSA) is 105 Å². The van der Waals surface area contributed by atoms with Crippen molar-refractivity contribution in [3.05, 3.63) is 11.8 Å². The van der Waals surface area contributed by atoms with E-state index in [4.69, 9.17) is 9.26 Å². The first-order chi connectivity index (χ1) is 12.4. The van der Waals surface area contributed by atoms with Gasteiger partial charge < -0.3 is 19.5 Å². The molecule has 1 fully saturated rings. The third-order valence-electron chi connectivity index (χ3n) is 4.22. The van der Waals surface area contributed by atoms with Gasteiger partial charge in [-0.1, -0.05) is 5.16 Å². The molecule has 0 saturated carbocycles. The van der Waals surface area contributed by atoms with Crippen molar-refractivity contribution in [2.24, 2.45) is 0 Å². The van der Waals surface area contributed by atoms with E-state index in [2.05, 4.69) is 10.5 Å². The number of likely N-dealkylation sites (tertiary alicyclic amines) is 1. The van der Waals surface area contributed by atoms with Gasteiger partial charge in [0, 0.05) is 45.1 Å². The van der Waals surface area contributed by atoms with Crippen LogP contribution < -0.4 is 10.2 Å². The summed E-state index contributed by atoms with van der Waals surface area (Å²) in [5, 5.41) is 6.78. The van der Waals surface area contributed by atoms with Crippen molar-refractivity contribution in [2.75, 3.05) is 31.1 Å². The van der Waals surface area contributed by atoms with Crippen LogP contribution in [0.2, 0.25) is 0 Å². The van der Waals surface area contributed by atoms with Gasteiger partial charge in [0.1, 0.15) is 5.76 Å². The van der Waals surface area contributed by atoms with Crippen molar-refractivity contribution in [2.45, 2.75) is 46.1 Å². The zero-order chi connectivity index (χ0) is 19.1. The number of aromatic nitrogens is 1. The quantitative estimate of drug-likeness (QED) is 0.817. The Labute approximate surface area is 152 Å². The predicted octanol–water partition coefficient (Wildman–Crippen LogP) is 1.46. The molecule has 26 heavy (non-hydrogen) atoms. The second kappa shape index (κ2) is 9.21. The number of carbonyl (C=O) groups is 3. The molecule has 1 N–H and O–H groups in total. The Morgan fingerprint density at radius 2 is 2.08 bits per heavy atom. The van der Waals surface area contributed by atoms with Crippen molar-refractivity contribution in [3.63, 3.8) is 0 Å². The van der Waals surface area contributed by atoms with Gasteiger partial charge in [-0.25, -0.2) is 4.79 Å². The van der Waals surface area contributed by atoms with Crippen molar-refractivity contribution in [1.29, 1.82) is 0 Å². The number of rotatable bonds is 6. The van der Waals surface area contributed by atoms with E-state index in [-0.39, 0.29) is 36.9 Å². The average Bonchev–Trinajstić information content (AvgIpc) is 3.01. The fraction of sp³-hybridized carbons (Fsp3) is 0.647. The summed E-state index contributed by atoms with van der Waals surface area (Å²) in [6.07, 6.45) is 1.23. The fourth-order valence-corrected chi connectivity index (χ4v) is 2.85. The highest BCUT2D eigenvalue weighted by Gasteiger charge is 2.25. The van der Waals surface area contributed by atoms with Gasteiger partial charge in [-0.2, -0.15) is 0 Å². The second-order valence-corrected chi connectivity index (χ2v) is 6.24. The van der Waals surface area contributed by atoms with E-state index in [1.807, 2.05) is 0 Å². The molecule has 1 aromatic heterocycles. The van der Waals surface area contributed by atoms with Crippen molar-refractivity contribution >= 4 is 23.7 Å². The van der Waals surface area contributed by atoms with Crippen LogP contribution in [-0.2, 0) is 14.3 Å². The number of anilines is 1. The van der Waals surface area contributed by atoms with Gasteiger partial charge in [0.25, 0.3) is 0 Å². The lowest BCUT2D eigenvalue weighted by molar-refractivity contribution is -0.122. The Kier molecular flexibility index (Phi) is 6.99. The summed E-state index contributed by atoms with van der Waals surface area (Å²) in [6.45, 7) is 6.64. The first-order valence-corrected chi connectivity index (χ1v) is 8.83. The Morgan fingerprint density at radius 3 is 2.62 bits per heavy atom. The first-order valence-electron chi connectivity index (χ1n) is 8.83. The lowest BCUT2D eigenvalue weighted by Gasteiger charge is -2.31. The number of amides is 3. The molecule has 1 saturated heterocycles. The highest BCUT2D eigenvalue weighted by molar-refractivity contribution is 5.91. The second-order valence-electron chi connectivity index (χ2n) is 6.24. The summed E-state index contributed by atoms with van der Waals surface area (Å²) in [5.41, 5.74) is 0. The van der Waals surface area contributed by atoms with Crippen molar-refractivity contribution in [3.8, 4) is 0 Å². The molecule has 0 radical (unpaired) electrons. The molecule has 1 aromatic rings. The molecule has 0 unspecified atom stereocenters. The highest BCUT2D eigenvalue weighted by Crippen LogP contribution is 2.15. The molecular formula is C17H26N4O5. The van der Waals surface area contributed by atoms with Gasteiger partial charge in [0.05, 0.1) is 6.61 Å². The van der Waals surface area contributed by atoms with E-state index in [1.165, 1.54) is 11.8 Å². The molecule has 3 amide bonds. The Balaban J connectivity index is 1.76. The number of aryl methyl sites for hydroxylation is 1. The molecule has 0 aromatic carbocycles. The molecule has 0 bridgehead atoms. The van der Waals surface area contributed by atoms with Crippen LogP contribution in [0.3, 0.4) is 0 Å². The Hall–Kier alpha value is -2.58. The zero-order valence-electron chi connectivity index (χ0n) is 15.5. The molecule has 2 heterocycles. The minimum atomic E-state index is -0.308. The van der Waals surface area contributed by atoms with Crippen LogP contribution in [0.25, 0.3) is 0 Å². The third kappa shape index (κ3) is 5.47. The molecule has 9 nitrogen and oxygen atoms in total. The van der Waals surface area contributed by atoms with E-state index in [1.54, 1.807) is 24.8 Å². The summed E-state index contributed by atoms with van der Waals surface area (Å²) in [6, 6.07) is 1.68. The summed E-state index contributed by atoms with van der Waals surface area (Å²) in [4.78, 5) is 38.7. The summed E-state index contributed by atoms with van der Waals surface area (Å²) >= 11 is 0. The van der Waals surface area contributed by atoms with Gasteiger partial charge in [-0.05, 0) is 26.7 Å². The maximum atomic E-state index is 12.2. The van der Waals surface area contributed by atoms with Crippen LogP contribution >= 0.6 is 0 Å². The SMILES string of the molecule is CCOC(=O)N1CCC(NC(=O)CCN(C(C)=O)c2cc(C)on2)CC1. The summed E-state index contributed by atoms with van der Waals surface area (Å²) < 4.78 is 9.96. The number of nitrogens with one attached hydrogen (secondary N) is 1. The number of hydrogen-bond acceptors (Lipinski definition) is 6. The maximum Gasteiger partial charge on any atom is 0.409 e. The van der Waals surface area contributed by atoms with Crippen molar-refractivity contribution in [1.82, 2.24) is 15.4 Å². The number of nitrogens with zero attached hydrogens (tertiary/aromatic N) is 3. The normalized spacial score (nSPS) is 14.8. The zero-order valence-corrected chi connectivity index (χ0v) is 15.5. The standard InChI is InChI=1S/C17H26N4O5/c1-4-25-17(24)20-8-5-14(6-9-20)18-16(23)7-10-21(13(3)22)15-11-12(2)26-19-15/h11,14H,4-10H2,1-3H3,(H,18,23). The predicted molar refractivity (Wildman–Crippen MR) is 93.6 cm³/mol. The molecular weight excluding hydrogens is 340 g/mol. The minimum absolute atomic E-state index is 0.0215. The van der Waals surface area contributed by atoms with E-state index >= 15 is 0 Å². The number of ether oxygens (including phenoxy) is 1. The van der Waals surface area contributed by atoms with Crippen LogP contribution in [0, 0.1) is 6.92 Å². The molecule has 0 atom stereocenters. The lowest BCUT2D eigenvalue weighted by Crippen LogP contribution is -2.47. The van der Waals surface area contributed by atoms with Gasteiger partial charge in [-0.15, -0.1) is 0 Å². The smallest absolute Gasteiger partial charge is 0.409 e. The molecule has 2 rings (SSSR count). The van der Waals surface area contributed by atoms with Crippen LogP contribution in [0.5, 0.6) is 0 Å². The molecule has 0 aliphatic carbocycles.